The number of hydrogen-bond donors (Lipinski definition) is 1. The topological polar surface area (TPSA) is 92.3 Å². The van der Waals surface area contributed by atoms with Crippen LogP contribution in [-0.4, -0.2) is 47.7 Å². The van der Waals surface area contributed by atoms with E-state index in [2.05, 4.69) is 22.4 Å². The molecule has 7 nitrogen and oxygen atoms in total. The highest BCUT2D eigenvalue weighted by molar-refractivity contribution is 8.01. The number of sulfonamides is 1. The Kier molecular flexibility index (Phi) is 7.66. The van der Waals surface area contributed by atoms with Gasteiger partial charge >= 0.3 is 0 Å². The van der Waals surface area contributed by atoms with Crippen LogP contribution in [0.1, 0.15) is 54.9 Å². The fraction of sp³-hybridized carbons (Fsp3) is 0.526. The van der Waals surface area contributed by atoms with Gasteiger partial charge in [-0.2, -0.15) is 4.31 Å². The minimum absolute atomic E-state index is 0.198. The van der Waals surface area contributed by atoms with E-state index in [1.165, 1.54) is 17.4 Å². The Morgan fingerprint density at radius 3 is 2.62 bits per heavy atom. The van der Waals surface area contributed by atoms with Crippen molar-refractivity contribution in [1.29, 1.82) is 0 Å². The lowest BCUT2D eigenvalue weighted by atomic mass is 10.1. The molecule has 3 rings (SSSR count). The standard InChI is InChI=1S/C19H26N4O3S3/c1-3-12-27-19-22-21-18(28-19)20-17(24)15-9-8-14(2)16(13-15)29(25,26)23-10-6-4-5-7-11-23/h8-9,13H,3-7,10-12H2,1-2H3,(H,20,21,24). The maximum Gasteiger partial charge on any atom is 0.257 e. The third-order valence-corrected chi connectivity index (χ3v) is 8.91. The van der Waals surface area contributed by atoms with Gasteiger partial charge in [0.25, 0.3) is 5.91 Å². The zero-order chi connectivity index (χ0) is 20.9. The molecular formula is C19H26N4O3S3. The van der Waals surface area contributed by atoms with Crippen LogP contribution in [0, 0.1) is 6.92 Å². The van der Waals surface area contributed by atoms with Gasteiger partial charge in [0.15, 0.2) is 4.34 Å². The number of amides is 1. The molecule has 0 radical (unpaired) electrons. The van der Waals surface area contributed by atoms with Crippen molar-refractivity contribution in [3.05, 3.63) is 29.3 Å². The zero-order valence-corrected chi connectivity index (χ0v) is 19.1. The molecule has 0 spiro atoms. The first-order chi connectivity index (χ1) is 13.9. The average molecular weight is 455 g/mol. The summed E-state index contributed by atoms with van der Waals surface area (Å²) in [4.78, 5) is 12.9. The van der Waals surface area contributed by atoms with Crippen LogP contribution in [0.2, 0.25) is 0 Å². The first-order valence-corrected chi connectivity index (χ1v) is 13.0. The second kappa shape index (κ2) is 10.0. The molecule has 1 amide bonds. The summed E-state index contributed by atoms with van der Waals surface area (Å²) >= 11 is 2.91. The van der Waals surface area contributed by atoms with Gasteiger partial charge in [0, 0.05) is 24.4 Å². The van der Waals surface area contributed by atoms with E-state index in [0.29, 0.717) is 29.3 Å². The monoisotopic (exact) mass is 454 g/mol. The van der Waals surface area contributed by atoms with Gasteiger partial charge in [-0.15, -0.1) is 10.2 Å². The Balaban J connectivity index is 1.79. The molecule has 1 saturated heterocycles. The van der Waals surface area contributed by atoms with E-state index < -0.39 is 10.0 Å². The summed E-state index contributed by atoms with van der Waals surface area (Å²) in [5.41, 5.74) is 0.932. The fourth-order valence-electron chi connectivity index (χ4n) is 3.12. The number of aromatic nitrogens is 2. The van der Waals surface area contributed by atoms with E-state index in [4.69, 9.17) is 0 Å². The van der Waals surface area contributed by atoms with Crippen LogP contribution in [0.15, 0.2) is 27.4 Å². The molecule has 158 valence electrons. The zero-order valence-electron chi connectivity index (χ0n) is 16.7. The van der Waals surface area contributed by atoms with Crippen molar-refractivity contribution in [3.8, 4) is 0 Å². The first kappa shape index (κ1) is 22.2. The molecule has 2 heterocycles. The predicted octanol–water partition coefficient (Wildman–Crippen LogP) is 4.17. The number of hydrogen-bond acceptors (Lipinski definition) is 7. The van der Waals surface area contributed by atoms with Crippen molar-refractivity contribution >= 4 is 44.2 Å². The van der Waals surface area contributed by atoms with Crippen LogP contribution >= 0.6 is 23.1 Å². The predicted molar refractivity (Wildman–Crippen MR) is 117 cm³/mol. The number of benzene rings is 1. The molecular weight excluding hydrogens is 428 g/mol. The van der Waals surface area contributed by atoms with Crippen molar-refractivity contribution in [2.24, 2.45) is 0 Å². The summed E-state index contributed by atoms with van der Waals surface area (Å²) in [6.45, 7) is 4.90. The molecule has 1 fully saturated rings. The summed E-state index contributed by atoms with van der Waals surface area (Å²) in [6.07, 6.45) is 4.87. The average Bonchev–Trinajstić information content (AvgIpc) is 2.96. The summed E-state index contributed by atoms with van der Waals surface area (Å²) in [5, 5.41) is 11.2. The second-order valence-corrected chi connectivity index (χ2v) is 11.2. The first-order valence-electron chi connectivity index (χ1n) is 9.80. The maximum absolute atomic E-state index is 13.2. The van der Waals surface area contributed by atoms with E-state index in [9.17, 15) is 13.2 Å². The maximum atomic E-state index is 13.2. The number of rotatable bonds is 7. The highest BCUT2D eigenvalue weighted by Gasteiger charge is 2.27. The largest absolute Gasteiger partial charge is 0.296 e. The number of thioether (sulfide) groups is 1. The van der Waals surface area contributed by atoms with Gasteiger partial charge in [-0.1, -0.05) is 48.9 Å². The number of anilines is 1. The number of aryl methyl sites for hydroxylation is 1. The molecule has 1 aromatic heterocycles. The molecule has 1 aliphatic rings. The van der Waals surface area contributed by atoms with Gasteiger partial charge in [0.2, 0.25) is 15.2 Å². The van der Waals surface area contributed by atoms with Crippen LogP contribution in [0.25, 0.3) is 0 Å². The number of nitrogens with one attached hydrogen (secondary N) is 1. The van der Waals surface area contributed by atoms with Crippen molar-refractivity contribution in [3.63, 3.8) is 0 Å². The van der Waals surface area contributed by atoms with Crippen molar-refractivity contribution in [2.75, 3.05) is 24.2 Å². The van der Waals surface area contributed by atoms with Gasteiger partial charge in [0.05, 0.1) is 4.90 Å². The third kappa shape index (κ3) is 5.56. The Bertz CT molecular complexity index is 951. The minimum Gasteiger partial charge on any atom is -0.296 e. The van der Waals surface area contributed by atoms with Crippen LogP contribution < -0.4 is 5.32 Å². The summed E-state index contributed by atoms with van der Waals surface area (Å²) < 4.78 is 28.7. The molecule has 10 heteroatoms. The van der Waals surface area contributed by atoms with Crippen molar-refractivity contribution in [2.45, 2.75) is 55.2 Å². The van der Waals surface area contributed by atoms with Gasteiger partial charge in [0.1, 0.15) is 0 Å². The lowest BCUT2D eigenvalue weighted by Gasteiger charge is -2.21. The van der Waals surface area contributed by atoms with Gasteiger partial charge in [-0.05, 0) is 43.9 Å². The van der Waals surface area contributed by atoms with Crippen LogP contribution in [-0.2, 0) is 10.0 Å². The van der Waals surface area contributed by atoms with Gasteiger partial charge in [-0.25, -0.2) is 8.42 Å². The smallest absolute Gasteiger partial charge is 0.257 e. The van der Waals surface area contributed by atoms with Crippen LogP contribution in [0.4, 0.5) is 5.13 Å². The SMILES string of the molecule is CCCSc1nnc(NC(=O)c2ccc(C)c(S(=O)(=O)N3CCCCCC3)c2)s1. The van der Waals surface area contributed by atoms with Gasteiger partial charge < -0.3 is 0 Å². The quantitative estimate of drug-likeness (QED) is 0.499. The highest BCUT2D eigenvalue weighted by atomic mass is 32.2. The Morgan fingerprint density at radius 1 is 1.21 bits per heavy atom. The molecule has 29 heavy (non-hydrogen) atoms. The Hall–Kier alpha value is -1.49. The van der Waals surface area contributed by atoms with E-state index in [1.807, 2.05) is 0 Å². The molecule has 0 bridgehead atoms. The number of carbonyl (C=O) groups excluding carboxylic acids is 1. The molecule has 0 aliphatic carbocycles. The van der Waals surface area contributed by atoms with E-state index in [-0.39, 0.29) is 10.8 Å². The molecule has 0 atom stereocenters. The summed E-state index contributed by atoms with van der Waals surface area (Å²) in [6, 6.07) is 4.79. The van der Waals surface area contributed by atoms with E-state index >= 15 is 0 Å². The molecule has 1 aromatic carbocycles. The normalized spacial score (nSPS) is 15.8. The Labute approximate surface area is 180 Å². The fourth-order valence-corrected chi connectivity index (χ4v) is 6.56. The van der Waals surface area contributed by atoms with Crippen molar-refractivity contribution in [1.82, 2.24) is 14.5 Å². The van der Waals surface area contributed by atoms with Crippen molar-refractivity contribution < 1.29 is 13.2 Å². The number of carbonyl (C=O) groups is 1. The minimum atomic E-state index is -3.63. The molecule has 0 saturated carbocycles. The van der Waals surface area contributed by atoms with E-state index in [1.54, 1.807) is 35.1 Å². The lowest BCUT2D eigenvalue weighted by molar-refractivity contribution is 0.102. The second-order valence-electron chi connectivity index (χ2n) is 6.97. The summed E-state index contributed by atoms with van der Waals surface area (Å²) in [7, 11) is -3.63. The Morgan fingerprint density at radius 2 is 1.93 bits per heavy atom. The van der Waals surface area contributed by atoms with Crippen LogP contribution in [0.5, 0.6) is 0 Å². The van der Waals surface area contributed by atoms with Crippen LogP contribution in [0.3, 0.4) is 0 Å². The molecule has 0 unspecified atom stereocenters. The molecule has 2 aromatic rings. The lowest BCUT2D eigenvalue weighted by Crippen LogP contribution is -2.32. The molecule has 1 aliphatic heterocycles. The number of nitrogens with zero attached hydrogens (tertiary/aromatic N) is 3. The van der Waals surface area contributed by atoms with Gasteiger partial charge in [-0.3, -0.25) is 10.1 Å². The summed E-state index contributed by atoms with van der Waals surface area (Å²) in [5.74, 6) is 0.554. The highest BCUT2D eigenvalue weighted by Crippen LogP contribution is 2.27. The third-order valence-electron chi connectivity index (χ3n) is 4.69. The molecule has 1 N–H and O–H groups in total. The van der Waals surface area contributed by atoms with E-state index in [0.717, 1.165) is 42.2 Å².